The first-order chi connectivity index (χ1) is 8.16. The van der Waals surface area contributed by atoms with E-state index in [0.717, 1.165) is 19.5 Å². The van der Waals surface area contributed by atoms with Crippen molar-refractivity contribution in [2.75, 3.05) is 13.1 Å². The van der Waals surface area contributed by atoms with Gasteiger partial charge in [-0.3, -0.25) is 0 Å². The average Bonchev–Trinajstić information content (AvgIpc) is 2.63. The molecular formula is C15H21NO. The highest BCUT2D eigenvalue weighted by molar-refractivity contribution is 5.47. The monoisotopic (exact) mass is 231 g/mol. The van der Waals surface area contributed by atoms with Crippen LogP contribution in [0.15, 0.2) is 18.2 Å². The molecule has 2 heteroatoms. The van der Waals surface area contributed by atoms with Gasteiger partial charge >= 0.3 is 0 Å². The Hall–Kier alpha value is -1.02. The van der Waals surface area contributed by atoms with E-state index in [1.54, 1.807) is 0 Å². The second-order valence-corrected chi connectivity index (χ2v) is 5.90. The molecule has 2 aliphatic heterocycles. The van der Waals surface area contributed by atoms with Gasteiger partial charge in [0.05, 0.1) is 0 Å². The van der Waals surface area contributed by atoms with E-state index >= 15 is 0 Å². The summed E-state index contributed by atoms with van der Waals surface area (Å²) in [4.78, 5) is 0. The molecule has 0 aromatic heterocycles. The van der Waals surface area contributed by atoms with Crippen molar-refractivity contribution >= 4 is 0 Å². The number of hydrogen-bond acceptors (Lipinski definition) is 2. The summed E-state index contributed by atoms with van der Waals surface area (Å²) in [6.07, 6.45) is 3.52. The van der Waals surface area contributed by atoms with Crippen LogP contribution in [0.3, 0.4) is 0 Å². The lowest BCUT2D eigenvalue weighted by Gasteiger charge is -2.25. The predicted molar refractivity (Wildman–Crippen MR) is 69.7 cm³/mol. The van der Waals surface area contributed by atoms with Gasteiger partial charge in [0.2, 0.25) is 0 Å². The van der Waals surface area contributed by atoms with E-state index in [1.807, 2.05) is 0 Å². The number of benzene rings is 1. The second-order valence-electron chi connectivity index (χ2n) is 5.90. The average molecular weight is 231 g/mol. The number of hydrogen-bond donors (Lipinski definition) is 1. The predicted octanol–water partition coefficient (Wildman–Crippen LogP) is 2.87. The number of ether oxygens (including phenoxy) is 1. The molecule has 0 saturated carbocycles. The molecule has 17 heavy (non-hydrogen) atoms. The highest BCUT2D eigenvalue weighted by atomic mass is 16.5. The lowest BCUT2D eigenvalue weighted by Crippen LogP contribution is -2.27. The zero-order chi connectivity index (χ0) is 11.9. The molecule has 2 heterocycles. The van der Waals surface area contributed by atoms with E-state index in [4.69, 9.17) is 4.74 Å². The number of piperidine rings is 1. The molecule has 1 fully saturated rings. The van der Waals surface area contributed by atoms with Crippen LogP contribution < -0.4 is 10.1 Å². The summed E-state index contributed by atoms with van der Waals surface area (Å²) in [5, 5.41) is 3.43. The fourth-order valence-electron chi connectivity index (χ4n) is 3.09. The minimum Gasteiger partial charge on any atom is -0.487 e. The molecule has 1 saturated heterocycles. The van der Waals surface area contributed by atoms with E-state index in [0.29, 0.717) is 5.92 Å². The van der Waals surface area contributed by atoms with Crippen molar-refractivity contribution in [1.82, 2.24) is 5.32 Å². The first kappa shape index (κ1) is 11.1. The molecule has 2 nitrogen and oxygen atoms in total. The molecule has 0 amide bonds. The fourth-order valence-corrected chi connectivity index (χ4v) is 3.09. The molecule has 0 aliphatic carbocycles. The SMILES string of the molecule is CC1(C)Cc2cccc(C3CCNCC3)c2O1. The van der Waals surface area contributed by atoms with Gasteiger partial charge in [0, 0.05) is 6.42 Å². The second kappa shape index (κ2) is 4.02. The van der Waals surface area contributed by atoms with Crippen LogP contribution in [-0.4, -0.2) is 18.7 Å². The van der Waals surface area contributed by atoms with Crippen LogP contribution in [0.25, 0.3) is 0 Å². The maximum Gasteiger partial charge on any atom is 0.126 e. The van der Waals surface area contributed by atoms with E-state index in [1.165, 1.54) is 29.7 Å². The van der Waals surface area contributed by atoms with Crippen molar-refractivity contribution in [1.29, 1.82) is 0 Å². The summed E-state index contributed by atoms with van der Waals surface area (Å²) in [6.45, 7) is 6.63. The van der Waals surface area contributed by atoms with Gasteiger partial charge in [-0.15, -0.1) is 0 Å². The zero-order valence-corrected chi connectivity index (χ0v) is 10.8. The van der Waals surface area contributed by atoms with Crippen molar-refractivity contribution in [2.45, 2.75) is 44.6 Å². The van der Waals surface area contributed by atoms with Gasteiger partial charge in [0.25, 0.3) is 0 Å². The van der Waals surface area contributed by atoms with Crippen LogP contribution in [0.1, 0.15) is 43.7 Å². The standard InChI is InChI=1S/C15H21NO/c1-15(2)10-12-4-3-5-13(14(12)17-15)11-6-8-16-9-7-11/h3-5,11,16H,6-10H2,1-2H3. The summed E-state index contributed by atoms with van der Waals surface area (Å²) in [7, 11) is 0. The van der Waals surface area contributed by atoms with E-state index in [-0.39, 0.29) is 5.60 Å². The summed E-state index contributed by atoms with van der Waals surface area (Å²) in [5.41, 5.74) is 2.81. The molecule has 0 radical (unpaired) electrons. The molecule has 2 aliphatic rings. The molecule has 0 spiro atoms. The van der Waals surface area contributed by atoms with Crippen molar-refractivity contribution in [2.24, 2.45) is 0 Å². The van der Waals surface area contributed by atoms with Crippen LogP contribution in [0, 0.1) is 0 Å². The smallest absolute Gasteiger partial charge is 0.126 e. The molecule has 0 bridgehead atoms. The molecule has 92 valence electrons. The summed E-state index contributed by atoms with van der Waals surface area (Å²) >= 11 is 0. The minimum atomic E-state index is -0.0225. The van der Waals surface area contributed by atoms with Gasteiger partial charge in [0.15, 0.2) is 0 Å². The van der Waals surface area contributed by atoms with Crippen LogP contribution >= 0.6 is 0 Å². The van der Waals surface area contributed by atoms with Gasteiger partial charge in [-0.25, -0.2) is 0 Å². The largest absolute Gasteiger partial charge is 0.487 e. The lowest BCUT2D eigenvalue weighted by molar-refractivity contribution is 0.136. The third-order valence-electron chi connectivity index (χ3n) is 3.90. The normalized spacial score (nSPS) is 23.2. The Morgan fingerprint density at radius 1 is 1.24 bits per heavy atom. The molecular weight excluding hydrogens is 210 g/mol. The Balaban J connectivity index is 1.94. The third-order valence-corrected chi connectivity index (χ3v) is 3.90. The molecule has 3 rings (SSSR count). The van der Waals surface area contributed by atoms with Crippen molar-refractivity contribution in [3.63, 3.8) is 0 Å². The third kappa shape index (κ3) is 2.06. The zero-order valence-electron chi connectivity index (χ0n) is 10.8. The van der Waals surface area contributed by atoms with Gasteiger partial charge < -0.3 is 10.1 Å². The number of nitrogens with one attached hydrogen (secondary N) is 1. The number of rotatable bonds is 1. The molecule has 1 N–H and O–H groups in total. The Morgan fingerprint density at radius 2 is 2.00 bits per heavy atom. The summed E-state index contributed by atoms with van der Waals surface area (Å²) in [6, 6.07) is 6.67. The van der Waals surface area contributed by atoms with E-state index in [2.05, 4.69) is 37.4 Å². The van der Waals surface area contributed by atoms with Crippen molar-refractivity contribution < 1.29 is 4.74 Å². The summed E-state index contributed by atoms with van der Waals surface area (Å²) < 4.78 is 6.16. The maximum atomic E-state index is 6.16. The van der Waals surface area contributed by atoms with Crippen LogP contribution in [0.4, 0.5) is 0 Å². The number of fused-ring (bicyclic) bond motifs is 1. The van der Waals surface area contributed by atoms with Gasteiger partial charge in [0.1, 0.15) is 11.4 Å². The van der Waals surface area contributed by atoms with Crippen molar-refractivity contribution in [3.8, 4) is 5.75 Å². The first-order valence-corrected chi connectivity index (χ1v) is 6.67. The Kier molecular flexibility index (Phi) is 2.62. The van der Waals surface area contributed by atoms with Crippen molar-refractivity contribution in [3.05, 3.63) is 29.3 Å². The van der Waals surface area contributed by atoms with E-state index in [9.17, 15) is 0 Å². The maximum absolute atomic E-state index is 6.16. The molecule has 0 unspecified atom stereocenters. The highest BCUT2D eigenvalue weighted by Gasteiger charge is 2.33. The van der Waals surface area contributed by atoms with Crippen LogP contribution in [-0.2, 0) is 6.42 Å². The summed E-state index contributed by atoms with van der Waals surface area (Å²) in [5.74, 6) is 1.87. The molecule has 1 aromatic carbocycles. The van der Waals surface area contributed by atoms with Gasteiger partial charge in [-0.1, -0.05) is 18.2 Å². The lowest BCUT2D eigenvalue weighted by atomic mass is 9.88. The minimum absolute atomic E-state index is 0.0225. The topological polar surface area (TPSA) is 21.3 Å². The van der Waals surface area contributed by atoms with Gasteiger partial charge in [-0.05, 0) is 56.8 Å². The Bertz CT molecular complexity index is 419. The Labute approximate surface area is 103 Å². The first-order valence-electron chi connectivity index (χ1n) is 6.67. The quantitative estimate of drug-likeness (QED) is 0.802. The number of para-hydroxylation sites is 1. The highest BCUT2D eigenvalue weighted by Crippen LogP contribution is 2.42. The fraction of sp³-hybridized carbons (Fsp3) is 0.600. The molecule has 1 aromatic rings. The van der Waals surface area contributed by atoms with Crippen LogP contribution in [0.2, 0.25) is 0 Å². The van der Waals surface area contributed by atoms with Crippen LogP contribution in [0.5, 0.6) is 5.75 Å². The Morgan fingerprint density at radius 3 is 2.76 bits per heavy atom. The molecule has 0 atom stereocenters. The van der Waals surface area contributed by atoms with E-state index < -0.39 is 0 Å². The van der Waals surface area contributed by atoms with Gasteiger partial charge in [-0.2, -0.15) is 0 Å².